The van der Waals surface area contributed by atoms with E-state index in [1.54, 1.807) is 0 Å². The highest BCUT2D eigenvalue weighted by Gasteiger charge is 2.29. The van der Waals surface area contributed by atoms with Crippen molar-refractivity contribution in [1.82, 2.24) is 20.3 Å². The average molecular weight is 387 g/mol. The molecule has 0 spiro atoms. The maximum Gasteiger partial charge on any atom is 0.250 e. The lowest BCUT2D eigenvalue weighted by atomic mass is 10.1. The van der Waals surface area contributed by atoms with Crippen molar-refractivity contribution >= 4 is 40.8 Å². The van der Waals surface area contributed by atoms with Crippen LogP contribution in [-0.4, -0.2) is 41.1 Å². The van der Waals surface area contributed by atoms with Crippen LogP contribution in [0.4, 0.5) is 5.95 Å². The van der Waals surface area contributed by atoms with Crippen molar-refractivity contribution in [3.8, 4) is 11.4 Å². The maximum atomic E-state index is 6.03. The first-order chi connectivity index (χ1) is 11.4. The zero-order valence-electron chi connectivity index (χ0n) is 13.3. The van der Waals surface area contributed by atoms with E-state index in [-0.39, 0.29) is 5.82 Å². The van der Waals surface area contributed by atoms with Crippen molar-refractivity contribution in [1.29, 1.82) is 0 Å². The molecule has 128 valence electrons. The molecular formula is C16H18Cl3N5. The average Bonchev–Trinajstić information content (AvgIpc) is 2.83. The third-order valence-corrected chi connectivity index (χ3v) is 4.32. The standard InChI is InChI=1S/C16H18Cl3N5/c1-11-3-5-12(6-4-11)13-21-14(16(17,18)19)23-15(22-13)24-9-2-7-20-8-10-24/h3-6,20H,2,7-10H2,1H3. The predicted molar refractivity (Wildman–Crippen MR) is 98.9 cm³/mol. The number of aromatic nitrogens is 3. The van der Waals surface area contributed by atoms with E-state index in [2.05, 4.69) is 25.2 Å². The van der Waals surface area contributed by atoms with Gasteiger partial charge in [0.15, 0.2) is 11.6 Å². The molecule has 1 saturated heterocycles. The molecule has 2 heterocycles. The molecule has 5 nitrogen and oxygen atoms in total. The number of anilines is 1. The Kier molecular flexibility index (Phi) is 5.45. The van der Waals surface area contributed by atoms with Gasteiger partial charge in [0.2, 0.25) is 9.74 Å². The molecule has 0 amide bonds. The molecule has 1 aromatic carbocycles. The highest BCUT2D eigenvalue weighted by atomic mass is 35.6. The van der Waals surface area contributed by atoms with E-state index in [0.717, 1.165) is 43.7 Å². The number of benzene rings is 1. The summed E-state index contributed by atoms with van der Waals surface area (Å²) in [6.07, 6.45) is 1.01. The van der Waals surface area contributed by atoms with Gasteiger partial charge in [-0.15, -0.1) is 0 Å². The summed E-state index contributed by atoms with van der Waals surface area (Å²) >= 11 is 18.1. The molecule has 1 aliphatic rings. The lowest BCUT2D eigenvalue weighted by Gasteiger charge is -2.22. The smallest absolute Gasteiger partial charge is 0.250 e. The van der Waals surface area contributed by atoms with E-state index >= 15 is 0 Å². The summed E-state index contributed by atoms with van der Waals surface area (Å²) in [5, 5.41) is 3.35. The number of nitrogens with one attached hydrogen (secondary N) is 1. The Balaban J connectivity index is 2.04. The molecule has 8 heteroatoms. The van der Waals surface area contributed by atoms with Crippen molar-refractivity contribution in [3.05, 3.63) is 35.7 Å². The van der Waals surface area contributed by atoms with E-state index in [4.69, 9.17) is 34.8 Å². The third kappa shape index (κ3) is 4.28. The first-order valence-electron chi connectivity index (χ1n) is 7.79. The van der Waals surface area contributed by atoms with Crippen LogP contribution >= 0.6 is 34.8 Å². The normalized spacial score (nSPS) is 16.1. The van der Waals surface area contributed by atoms with Crippen LogP contribution < -0.4 is 10.2 Å². The van der Waals surface area contributed by atoms with Gasteiger partial charge >= 0.3 is 0 Å². The van der Waals surface area contributed by atoms with E-state index in [1.807, 2.05) is 31.2 Å². The van der Waals surface area contributed by atoms with Gasteiger partial charge in [-0.1, -0.05) is 64.6 Å². The van der Waals surface area contributed by atoms with Gasteiger partial charge < -0.3 is 10.2 Å². The SMILES string of the molecule is Cc1ccc(-c2nc(N3CCCNCC3)nc(C(Cl)(Cl)Cl)n2)cc1. The summed E-state index contributed by atoms with van der Waals surface area (Å²) in [7, 11) is 0. The van der Waals surface area contributed by atoms with Gasteiger partial charge in [0.1, 0.15) is 0 Å². The number of halogens is 3. The first kappa shape index (κ1) is 17.7. The summed E-state index contributed by atoms with van der Waals surface area (Å²) < 4.78 is -1.69. The Labute approximate surface area is 156 Å². The molecule has 1 aliphatic heterocycles. The molecule has 2 aromatic rings. The fourth-order valence-corrected chi connectivity index (χ4v) is 2.76. The zero-order chi connectivity index (χ0) is 17.2. The fraction of sp³-hybridized carbons (Fsp3) is 0.438. The second-order valence-corrected chi connectivity index (χ2v) is 8.02. The molecule has 0 unspecified atom stereocenters. The molecule has 0 bridgehead atoms. The molecule has 0 aliphatic carbocycles. The topological polar surface area (TPSA) is 53.9 Å². The molecule has 3 rings (SSSR count). The summed E-state index contributed by atoms with van der Waals surface area (Å²) in [6, 6.07) is 7.93. The maximum absolute atomic E-state index is 6.03. The molecular weight excluding hydrogens is 369 g/mol. The summed E-state index contributed by atoms with van der Waals surface area (Å²) in [4.78, 5) is 15.5. The highest BCUT2D eigenvalue weighted by molar-refractivity contribution is 6.66. The Morgan fingerprint density at radius 2 is 1.75 bits per heavy atom. The van der Waals surface area contributed by atoms with Crippen molar-refractivity contribution in [3.63, 3.8) is 0 Å². The number of nitrogens with zero attached hydrogens (tertiary/aromatic N) is 4. The van der Waals surface area contributed by atoms with Crippen molar-refractivity contribution in [2.45, 2.75) is 17.1 Å². The number of aryl methyl sites for hydroxylation is 1. The third-order valence-electron chi connectivity index (χ3n) is 3.81. The molecule has 0 atom stereocenters. The van der Waals surface area contributed by atoms with Gasteiger partial charge in [0, 0.05) is 25.2 Å². The number of hydrogen-bond donors (Lipinski definition) is 1. The van der Waals surface area contributed by atoms with Gasteiger partial charge in [0.25, 0.3) is 0 Å². The van der Waals surface area contributed by atoms with Crippen LogP contribution in [-0.2, 0) is 3.79 Å². The van der Waals surface area contributed by atoms with Gasteiger partial charge in [-0.25, -0.2) is 4.98 Å². The minimum absolute atomic E-state index is 0.144. The van der Waals surface area contributed by atoms with Crippen molar-refractivity contribution in [2.75, 3.05) is 31.1 Å². The van der Waals surface area contributed by atoms with Gasteiger partial charge in [-0.2, -0.15) is 9.97 Å². The zero-order valence-corrected chi connectivity index (χ0v) is 15.5. The van der Waals surface area contributed by atoms with Crippen molar-refractivity contribution < 1.29 is 0 Å². The summed E-state index contributed by atoms with van der Waals surface area (Å²) in [5.41, 5.74) is 2.03. The molecule has 24 heavy (non-hydrogen) atoms. The van der Waals surface area contributed by atoms with Crippen LogP contribution in [0.5, 0.6) is 0 Å². The van der Waals surface area contributed by atoms with Gasteiger partial charge in [-0.05, 0) is 19.9 Å². The molecule has 1 aromatic heterocycles. The lowest BCUT2D eigenvalue weighted by Crippen LogP contribution is -2.30. The van der Waals surface area contributed by atoms with Crippen LogP contribution in [0, 0.1) is 6.92 Å². The van der Waals surface area contributed by atoms with E-state index < -0.39 is 3.79 Å². The Morgan fingerprint density at radius 3 is 2.46 bits per heavy atom. The first-order valence-corrected chi connectivity index (χ1v) is 8.93. The second kappa shape index (κ2) is 7.40. The van der Waals surface area contributed by atoms with Gasteiger partial charge in [-0.3, -0.25) is 0 Å². The Hall–Kier alpha value is -1.14. The van der Waals surface area contributed by atoms with E-state index in [9.17, 15) is 0 Å². The Morgan fingerprint density at radius 1 is 1.00 bits per heavy atom. The molecule has 1 N–H and O–H groups in total. The highest BCUT2D eigenvalue weighted by Crippen LogP contribution is 2.37. The van der Waals surface area contributed by atoms with Crippen LogP contribution in [0.15, 0.2) is 24.3 Å². The lowest BCUT2D eigenvalue weighted by molar-refractivity contribution is 0.724. The summed E-state index contributed by atoms with van der Waals surface area (Å²) in [6.45, 7) is 5.53. The molecule has 1 fully saturated rings. The van der Waals surface area contributed by atoms with Crippen molar-refractivity contribution in [2.24, 2.45) is 0 Å². The Bertz CT molecular complexity index is 692. The van der Waals surface area contributed by atoms with Crippen LogP contribution in [0.1, 0.15) is 17.8 Å². The number of alkyl halides is 3. The largest absolute Gasteiger partial charge is 0.339 e. The van der Waals surface area contributed by atoms with Crippen LogP contribution in [0.2, 0.25) is 0 Å². The molecule has 0 radical (unpaired) electrons. The number of rotatable bonds is 2. The van der Waals surface area contributed by atoms with Crippen LogP contribution in [0.25, 0.3) is 11.4 Å². The van der Waals surface area contributed by atoms with E-state index in [1.165, 1.54) is 0 Å². The predicted octanol–water partition coefficient (Wildman–Crippen LogP) is 3.47. The van der Waals surface area contributed by atoms with Gasteiger partial charge in [0.05, 0.1) is 0 Å². The molecule has 0 saturated carbocycles. The fourth-order valence-electron chi connectivity index (χ4n) is 2.51. The van der Waals surface area contributed by atoms with E-state index in [0.29, 0.717) is 11.8 Å². The minimum atomic E-state index is -1.69. The van der Waals surface area contributed by atoms with Crippen LogP contribution in [0.3, 0.4) is 0 Å². The quantitative estimate of drug-likeness (QED) is 0.801. The summed E-state index contributed by atoms with van der Waals surface area (Å²) in [5.74, 6) is 1.20. The minimum Gasteiger partial charge on any atom is -0.339 e. The monoisotopic (exact) mass is 385 g/mol. The number of hydrogen-bond acceptors (Lipinski definition) is 5. The second-order valence-electron chi connectivity index (χ2n) is 5.74.